The van der Waals surface area contributed by atoms with Crippen LogP contribution in [0, 0.1) is 19.8 Å². The van der Waals surface area contributed by atoms with E-state index >= 15 is 0 Å². The Hall–Kier alpha value is -1.06. The molecule has 2 fully saturated rings. The maximum atomic E-state index is 5.60. The molecular formula is C16H23NO2. The van der Waals surface area contributed by atoms with Crippen molar-refractivity contribution in [2.75, 3.05) is 33.4 Å². The molecule has 104 valence electrons. The van der Waals surface area contributed by atoms with Gasteiger partial charge in [-0.05, 0) is 62.0 Å². The zero-order valence-electron chi connectivity index (χ0n) is 12.1. The molecule has 19 heavy (non-hydrogen) atoms. The van der Waals surface area contributed by atoms with Gasteiger partial charge in [-0.2, -0.15) is 0 Å². The predicted molar refractivity (Wildman–Crippen MR) is 75.9 cm³/mol. The summed E-state index contributed by atoms with van der Waals surface area (Å²) in [6, 6.07) is 4.36. The second-order valence-electron chi connectivity index (χ2n) is 5.90. The van der Waals surface area contributed by atoms with Gasteiger partial charge in [-0.3, -0.25) is 0 Å². The van der Waals surface area contributed by atoms with Gasteiger partial charge in [0.2, 0.25) is 0 Å². The molecule has 1 unspecified atom stereocenters. The van der Waals surface area contributed by atoms with E-state index < -0.39 is 0 Å². The lowest BCUT2D eigenvalue weighted by atomic mass is 9.66. The van der Waals surface area contributed by atoms with Crippen LogP contribution in [0.1, 0.15) is 23.1 Å². The standard InChI is InChI=1S/C16H23NO2/c1-11-12(2)15(18-3)5-4-14(11)16(9-19-10-16)13-6-7-17-8-13/h4-5,13,17H,6-10H2,1-3H3. The van der Waals surface area contributed by atoms with Crippen LogP contribution in [0.4, 0.5) is 0 Å². The Bertz CT molecular complexity index is 474. The van der Waals surface area contributed by atoms with E-state index in [1.807, 2.05) is 0 Å². The summed E-state index contributed by atoms with van der Waals surface area (Å²) in [5.41, 5.74) is 4.32. The summed E-state index contributed by atoms with van der Waals surface area (Å²) in [6.45, 7) is 8.36. The molecular weight excluding hydrogens is 238 g/mol. The van der Waals surface area contributed by atoms with Crippen molar-refractivity contribution in [2.45, 2.75) is 25.7 Å². The molecule has 0 spiro atoms. The zero-order valence-corrected chi connectivity index (χ0v) is 12.1. The highest BCUT2D eigenvalue weighted by Gasteiger charge is 2.48. The fourth-order valence-electron chi connectivity index (χ4n) is 3.62. The first kappa shape index (κ1) is 12.9. The van der Waals surface area contributed by atoms with E-state index in [1.165, 1.54) is 23.1 Å². The Kier molecular flexibility index (Phi) is 3.27. The van der Waals surface area contributed by atoms with Gasteiger partial charge in [0, 0.05) is 5.41 Å². The van der Waals surface area contributed by atoms with Crippen molar-refractivity contribution in [3.63, 3.8) is 0 Å². The molecule has 3 heteroatoms. The van der Waals surface area contributed by atoms with Crippen LogP contribution >= 0.6 is 0 Å². The lowest BCUT2D eigenvalue weighted by Crippen LogP contribution is -2.53. The molecule has 0 radical (unpaired) electrons. The third kappa shape index (κ3) is 1.87. The molecule has 2 heterocycles. The molecule has 3 rings (SSSR count). The van der Waals surface area contributed by atoms with Crippen LogP contribution in [0.5, 0.6) is 5.75 Å². The molecule has 0 saturated carbocycles. The number of hydrogen-bond acceptors (Lipinski definition) is 3. The van der Waals surface area contributed by atoms with Crippen molar-refractivity contribution < 1.29 is 9.47 Å². The van der Waals surface area contributed by atoms with Crippen LogP contribution in [-0.2, 0) is 10.2 Å². The average Bonchev–Trinajstić information content (AvgIpc) is 2.87. The fraction of sp³-hybridized carbons (Fsp3) is 0.625. The first-order valence-corrected chi connectivity index (χ1v) is 7.12. The van der Waals surface area contributed by atoms with Gasteiger partial charge < -0.3 is 14.8 Å². The monoisotopic (exact) mass is 261 g/mol. The summed E-state index contributed by atoms with van der Waals surface area (Å²) in [5.74, 6) is 1.69. The Labute approximate surface area is 115 Å². The predicted octanol–water partition coefficient (Wildman–Crippen LogP) is 2.19. The van der Waals surface area contributed by atoms with E-state index in [1.54, 1.807) is 7.11 Å². The van der Waals surface area contributed by atoms with E-state index in [0.717, 1.165) is 32.1 Å². The van der Waals surface area contributed by atoms with E-state index in [0.29, 0.717) is 5.92 Å². The van der Waals surface area contributed by atoms with Gasteiger partial charge in [0.15, 0.2) is 0 Å². The summed E-state index contributed by atoms with van der Waals surface area (Å²) in [6.07, 6.45) is 1.26. The third-order valence-corrected chi connectivity index (χ3v) is 5.05. The number of rotatable bonds is 3. The number of benzene rings is 1. The lowest BCUT2D eigenvalue weighted by molar-refractivity contribution is -0.0872. The Morgan fingerprint density at radius 1 is 1.26 bits per heavy atom. The normalized spacial score (nSPS) is 25.1. The van der Waals surface area contributed by atoms with E-state index in [2.05, 4.69) is 31.3 Å². The van der Waals surface area contributed by atoms with Gasteiger partial charge in [-0.25, -0.2) is 0 Å². The van der Waals surface area contributed by atoms with Crippen molar-refractivity contribution in [2.24, 2.45) is 5.92 Å². The van der Waals surface area contributed by atoms with Crippen LogP contribution < -0.4 is 10.1 Å². The number of ether oxygens (including phenoxy) is 2. The lowest BCUT2D eigenvalue weighted by Gasteiger charge is -2.47. The van der Waals surface area contributed by atoms with Crippen LogP contribution in [0.2, 0.25) is 0 Å². The van der Waals surface area contributed by atoms with Crippen LogP contribution in [-0.4, -0.2) is 33.4 Å². The van der Waals surface area contributed by atoms with Crippen molar-refractivity contribution in [3.8, 4) is 5.75 Å². The van der Waals surface area contributed by atoms with Crippen molar-refractivity contribution in [3.05, 3.63) is 28.8 Å². The van der Waals surface area contributed by atoms with E-state index in [4.69, 9.17) is 9.47 Å². The Morgan fingerprint density at radius 2 is 2.05 bits per heavy atom. The van der Waals surface area contributed by atoms with Crippen molar-refractivity contribution >= 4 is 0 Å². The van der Waals surface area contributed by atoms with E-state index in [-0.39, 0.29) is 5.41 Å². The first-order valence-electron chi connectivity index (χ1n) is 7.12. The molecule has 1 N–H and O–H groups in total. The topological polar surface area (TPSA) is 30.5 Å². The quantitative estimate of drug-likeness (QED) is 0.904. The summed E-state index contributed by atoms with van der Waals surface area (Å²) in [5, 5.41) is 3.49. The van der Waals surface area contributed by atoms with Crippen molar-refractivity contribution in [1.29, 1.82) is 0 Å². The molecule has 2 aliphatic rings. The highest BCUT2D eigenvalue weighted by Crippen LogP contribution is 2.44. The molecule has 0 aromatic heterocycles. The summed E-state index contributed by atoms with van der Waals surface area (Å²) in [4.78, 5) is 0. The highest BCUT2D eigenvalue weighted by atomic mass is 16.5. The maximum Gasteiger partial charge on any atom is 0.122 e. The van der Waals surface area contributed by atoms with Crippen LogP contribution in [0.25, 0.3) is 0 Å². The Balaban J connectivity index is 2.02. The first-order chi connectivity index (χ1) is 9.19. The zero-order chi connectivity index (χ0) is 13.5. The number of nitrogens with one attached hydrogen (secondary N) is 1. The van der Waals surface area contributed by atoms with Gasteiger partial charge >= 0.3 is 0 Å². The Morgan fingerprint density at radius 3 is 2.58 bits per heavy atom. The van der Waals surface area contributed by atoms with Gasteiger partial charge in [0.05, 0.1) is 20.3 Å². The van der Waals surface area contributed by atoms with Gasteiger partial charge in [0.25, 0.3) is 0 Å². The molecule has 2 saturated heterocycles. The summed E-state index contributed by atoms with van der Waals surface area (Å²) >= 11 is 0. The minimum absolute atomic E-state index is 0.227. The minimum atomic E-state index is 0.227. The second-order valence-corrected chi connectivity index (χ2v) is 5.90. The molecule has 0 bridgehead atoms. The molecule has 1 atom stereocenters. The largest absolute Gasteiger partial charge is 0.496 e. The summed E-state index contributed by atoms with van der Waals surface area (Å²) < 4.78 is 11.0. The SMILES string of the molecule is COc1ccc(C2(C3CCNC3)COC2)c(C)c1C. The minimum Gasteiger partial charge on any atom is -0.496 e. The average molecular weight is 261 g/mol. The fourth-order valence-corrected chi connectivity index (χ4v) is 3.62. The molecule has 0 aliphatic carbocycles. The van der Waals surface area contributed by atoms with Gasteiger partial charge in [-0.15, -0.1) is 0 Å². The maximum absolute atomic E-state index is 5.60. The van der Waals surface area contributed by atoms with Gasteiger partial charge in [0.1, 0.15) is 5.75 Å². The molecule has 0 amide bonds. The highest BCUT2D eigenvalue weighted by molar-refractivity contribution is 5.48. The number of hydrogen-bond donors (Lipinski definition) is 1. The molecule has 2 aliphatic heterocycles. The molecule has 1 aromatic rings. The number of methoxy groups -OCH3 is 1. The molecule has 1 aromatic carbocycles. The summed E-state index contributed by atoms with van der Waals surface area (Å²) in [7, 11) is 1.74. The smallest absolute Gasteiger partial charge is 0.122 e. The van der Waals surface area contributed by atoms with Crippen molar-refractivity contribution in [1.82, 2.24) is 5.32 Å². The third-order valence-electron chi connectivity index (χ3n) is 5.05. The van der Waals surface area contributed by atoms with Gasteiger partial charge in [-0.1, -0.05) is 6.07 Å². The van der Waals surface area contributed by atoms with E-state index in [9.17, 15) is 0 Å². The van der Waals surface area contributed by atoms with Crippen LogP contribution in [0.3, 0.4) is 0 Å². The second kappa shape index (κ2) is 4.80. The molecule has 3 nitrogen and oxygen atoms in total. The van der Waals surface area contributed by atoms with Crippen LogP contribution in [0.15, 0.2) is 12.1 Å².